The minimum absolute atomic E-state index is 0.0996. The number of para-hydroxylation sites is 1. The van der Waals surface area contributed by atoms with Crippen molar-refractivity contribution in [2.24, 2.45) is 5.14 Å². The van der Waals surface area contributed by atoms with Crippen LogP contribution in [-0.4, -0.2) is 25.9 Å². The molecule has 0 spiro atoms. The number of benzene rings is 2. The van der Waals surface area contributed by atoms with Crippen LogP contribution in [0, 0.1) is 0 Å². The lowest BCUT2D eigenvalue weighted by atomic mass is 10.1. The van der Waals surface area contributed by atoms with Crippen LogP contribution in [0.5, 0.6) is 0 Å². The number of rotatable bonds is 5. The van der Waals surface area contributed by atoms with Gasteiger partial charge >= 0.3 is 0 Å². The minimum atomic E-state index is -3.86. The molecule has 1 aromatic heterocycles. The Morgan fingerprint density at radius 3 is 2.72 bits per heavy atom. The number of carbonyl (C=O) groups excluding carboxylic acids is 1. The Bertz CT molecular complexity index is 1040. The van der Waals surface area contributed by atoms with E-state index in [-0.39, 0.29) is 16.4 Å². The summed E-state index contributed by atoms with van der Waals surface area (Å²) in [6.07, 6.45) is 2.58. The summed E-state index contributed by atoms with van der Waals surface area (Å²) in [7, 11) is -3.86. The molecule has 0 atom stereocenters. The monoisotopic (exact) mass is 421 g/mol. The number of hydrogen-bond donors (Lipinski definition) is 3. The van der Waals surface area contributed by atoms with Crippen LogP contribution in [0.1, 0.15) is 15.9 Å². The topological polar surface area (TPSA) is 105 Å². The van der Waals surface area contributed by atoms with Gasteiger partial charge in [0.1, 0.15) is 0 Å². The molecule has 130 valence electrons. The second-order valence-corrected chi connectivity index (χ2v) is 7.97. The average molecular weight is 422 g/mol. The number of nitrogens with two attached hydrogens (primary N) is 1. The molecule has 4 N–H and O–H groups in total. The first-order valence-electron chi connectivity index (χ1n) is 7.52. The van der Waals surface area contributed by atoms with Gasteiger partial charge in [-0.1, -0.05) is 18.2 Å². The van der Waals surface area contributed by atoms with Gasteiger partial charge in [0.15, 0.2) is 0 Å². The number of fused-ring (bicyclic) bond motifs is 1. The van der Waals surface area contributed by atoms with Gasteiger partial charge in [-0.2, -0.15) is 0 Å². The molecule has 0 aliphatic heterocycles. The molecular weight excluding hydrogens is 406 g/mol. The molecule has 0 unspecified atom stereocenters. The van der Waals surface area contributed by atoms with E-state index >= 15 is 0 Å². The summed E-state index contributed by atoms with van der Waals surface area (Å²) in [4.78, 5) is 15.4. The van der Waals surface area contributed by atoms with Crippen molar-refractivity contribution in [2.75, 3.05) is 6.54 Å². The zero-order valence-corrected chi connectivity index (χ0v) is 15.5. The van der Waals surface area contributed by atoms with Crippen LogP contribution >= 0.6 is 15.9 Å². The highest BCUT2D eigenvalue weighted by atomic mass is 79.9. The number of amides is 1. The Labute approximate surface area is 153 Å². The molecule has 3 aromatic rings. The van der Waals surface area contributed by atoms with E-state index in [1.807, 2.05) is 30.5 Å². The maximum Gasteiger partial charge on any atom is 0.252 e. The van der Waals surface area contributed by atoms with E-state index in [1.165, 1.54) is 18.2 Å². The summed E-state index contributed by atoms with van der Waals surface area (Å²) in [5, 5.41) is 9.04. The van der Waals surface area contributed by atoms with Crippen LogP contribution in [-0.2, 0) is 16.4 Å². The maximum atomic E-state index is 12.4. The van der Waals surface area contributed by atoms with E-state index < -0.39 is 10.0 Å². The molecule has 0 saturated heterocycles. The van der Waals surface area contributed by atoms with Crippen molar-refractivity contribution in [2.45, 2.75) is 11.3 Å². The summed E-state index contributed by atoms with van der Waals surface area (Å²) in [5.41, 5.74) is 2.38. The Hall–Kier alpha value is -2.16. The van der Waals surface area contributed by atoms with Gasteiger partial charge in [-0.15, -0.1) is 0 Å². The maximum absolute atomic E-state index is 12.4. The van der Waals surface area contributed by atoms with Gasteiger partial charge in [-0.3, -0.25) is 4.79 Å². The number of nitrogens with one attached hydrogen (secondary N) is 2. The summed E-state index contributed by atoms with van der Waals surface area (Å²) < 4.78 is 23.4. The molecule has 0 aliphatic carbocycles. The number of sulfonamides is 1. The van der Waals surface area contributed by atoms with Crippen molar-refractivity contribution < 1.29 is 13.2 Å². The number of aromatic nitrogens is 1. The van der Waals surface area contributed by atoms with Crippen molar-refractivity contribution >= 4 is 42.8 Å². The second kappa shape index (κ2) is 6.99. The normalized spacial score (nSPS) is 11.6. The quantitative estimate of drug-likeness (QED) is 0.589. The lowest BCUT2D eigenvalue weighted by Crippen LogP contribution is -2.26. The highest BCUT2D eigenvalue weighted by molar-refractivity contribution is 9.10. The molecule has 1 amide bonds. The van der Waals surface area contributed by atoms with E-state index in [0.29, 0.717) is 17.4 Å². The predicted octanol–water partition coefficient (Wildman–Crippen LogP) is 2.55. The number of halogens is 1. The molecule has 0 bridgehead atoms. The highest BCUT2D eigenvalue weighted by Gasteiger charge is 2.15. The Morgan fingerprint density at radius 1 is 1.20 bits per heavy atom. The SMILES string of the molecule is NS(=O)(=O)c1ccc(Br)c(C(=O)NCCc2c[nH]c3ccccc23)c1. The molecule has 25 heavy (non-hydrogen) atoms. The Balaban J connectivity index is 1.71. The summed E-state index contributed by atoms with van der Waals surface area (Å²) >= 11 is 3.26. The van der Waals surface area contributed by atoms with Gasteiger partial charge in [0.05, 0.1) is 10.5 Å². The standard InChI is InChI=1S/C17H16BrN3O3S/c18-15-6-5-12(25(19,23)24)9-14(15)17(22)20-8-7-11-10-21-16-4-2-1-3-13(11)16/h1-6,9-10,21H,7-8H2,(H,20,22)(H2,19,23,24). The first-order valence-corrected chi connectivity index (χ1v) is 9.86. The highest BCUT2D eigenvalue weighted by Crippen LogP contribution is 2.21. The molecule has 2 aromatic carbocycles. The van der Waals surface area contributed by atoms with E-state index in [4.69, 9.17) is 5.14 Å². The van der Waals surface area contributed by atoms with Crippen LogP contribution in [0.2, 0.25) is 0 Å². The third-order valence-corrected chi connectivity index (χ3v) is 5.47. The molecule has 0 fully saturated rings. The zero-order valence-electron chi connectivity index (χ0n) is 13.1. The lowest BCUT2D eigenvalue weighted by molar-refractivity contribution is 0.0953. The largest absolute Gasteiger partial charge is 0.361 e. The predicted molar refractivity (Wildman–Crippen MR) is 99.9 cm³/mol. The zero-order chi connectivity index (χ0) is 18.0. The molecule has 3 rings (SSSR count). The molecule has 8 heteroatoms. The molecule has 0 radical (unpaired) electrons. The number of aromatic amines is 1. The van der Waals surface area contributed by atoms with Crippen LogP contribution in [0.4, 0.5) is 0 Å². The van der Waals surface area contributed by atoms with Crippen molar-refractivity contribution in [3.63, 3.8) is 0 Å². The third-order valence-electron chi connectivity index (χ3n) is 3.87. The van der Waals surface area contributed by atoms with Gasteiger partial charge in [-0.05, 0) is 52.2 Å². The third kappa shape index (κ3) is 3.92. The summed E-state index contributed by atoms with van der Waals surface area (Å²) in [5.74, 6) is -0.364. The van der Waals surface area contributed by atoms with Gasteiger partial charge in [0.2, 0.25) is 10.0 Å². The van der Waals surface area contributed by atoms with Crippen molar-refractivity contribution in [3.05, 3.63) is 64.3 Å². The Morgan fingerprint density at radius 2 is 1.96 bits per heavy atom. The molecule has 0 saturated carbocycles. The first-order chi connectivity index (χ1) is 11.9. The molecule has 0 aliphatic rings. The van der Waals surface area contributed by atoms with Gasteiger partial charge in [0.25, 0.3) is 5.91 Å². The number of carbonyl (C=O) groups is 1. The van der Waals surface area contributed by atoms with Crippen molar-refractivity contribution in [1.29, 1.82) is 0 Å². The van der Waals surface area contributed by atoms with E-state index in [1.54, 1.807) is 0 Å². The average Bonchev–Trinajstić information content (AvgIpc) is 2.97. The number of H-pyrrole nitrogens is 1. The fraction of sp³-hybridized carbons (Fsp3) is 0.118. The Kier molecular flexibility index (Phi) is 4.94. The van der Waals surface area contributed by atoms with E-state index in [9.17, 15) is 13.2 Å². The lowest BCUT2D eigenvalue weighted by Gasteiger charge is -2.08. The van der Waals surface area contributed by atoms with E-state index in [0.717, 1.165) is 16.5 Å². The smallest absolute Gasteiger partial charge is 0.252 e. The molecule has 1 heterocycles. The van der Waals surface area contributed by atoms with E-state index in [2.05, 4.69) is 26.2 Å². The van der Waals surface area contributed by atoms with Crippen molar-refractivity contribution in [3.8, 4) is 0 Å². The molecular formula is C17H16BrN3O3S. The van der Waals surface area contributed by atoms with Gasteiger partial charge in [0, 0.05) is 28.1 Å². The fourth-order valence-corrected chi connectivity index (χ4v) is 3.57. The fourth-order valence-electron chi connectivity index (χ4n) is 2.60. The first kappa shape index (κ1) is 17.7. The van der Waals surface area contributed by atoms with Crippen LogP contribution in [0.3, 0.4) is 0 Å². The minimum Gasteiger partial charge on any atom is -0.361 e. The van der Waals surface area contributed by atoms with Gasteiger partial charge in [-0.25, -0.2) is 13.6 Å². The number of primary sulfonamides is 1. The summed E-state index contributed by atoms with van der Waals surface area (Å²) in [6.45, 7) is 0.423. The van der Waals surface area contributed by atoms with Crippen molar-refractivity contribution in [1.82, 2.24) is 10.3 Å². The number of hydrogen-bond acceptors (Lipinski definition) is 3. The summed E-state index contributed by atoms with van der Waals surface area (Å²) in [6, 6.07) is 12.0. The second-order valence-electron chi connectivity index (χ2n) is 5.55. The molecule has 6 nitrogen and oxygen atoms in total. The van der Waals surface area contributed by atoms with Crippen LogP contribution in [0.15, 0.2) is 58.0 Å². The van der Waals surface area contributed by atoms with Crippen LogP contribution < -0.4 is 10.5 Å². The van der Waals surface area contributed by atoms with Crippen LogP contribution in [0.25, 0.3) is 10.9 Å². The van der Waals surface area contributed by atoms with Gasteiger partial charge < -0.3 is 10.3 Å².